The van der Waals surface area contributed by atoms with Crippen LogP contribution in [0.5, 0.6) is 11.5 Å². The van der Waals surface area contributed by atoms with Crippen LogP contribution in [0.4, 0.5) is 0 Å². The molecule has 0 spiro atoms. The molecule has 1 aromatic rings. The number of rotatable bonds is 11. The van der Waals surface area contributed by atoms with Crippen molar-refractivity contribution in [3.05, 3.63) is 36.9 Å². The van der Waals surface area contributed by atoms with Crippen molar-refractivity contribution in [2.45, 2.75) is 6.10 Å². The Bertz CT molecular complexity index is 384. The molecule has 20 heavy (non-hydrogen) atoms. The molecule has 0 bridgehead atoms. The highest BCUT2D eigenvalue weighted by atomic mass is 16.5. The molecule has 0 saturated heterocycles. The zero-order chi connectivity index (χ0) is 14.6. The summed E-state index contributed by atoms with van der Waals surface area (Å²) >= 11 is 0. The maximum Gasteiger partial charge on any atom is 0.123 e. The first-order valence-electron chi connectivity index (χ1n) is 6.60. The third kappa shape index (κ3) is 7.13. The van der Waals surface area contributed by atoms with Crippen molar-refractivity contribution >= 4 is 0 Å². The number of aliphatic hydroxyl groups is 1. The van der Waals surface area contributed by atoms with Crippen molar-refractivity contribution < 1.29 is 19.3 Å². The Morgan fingerprint density at radius 3 is 2.95 bits per heavy atom. The third-order valence-electron chi connectivity index (χ3n) is 2.51. The summed E-state index contributed by atoms with van der Waals surface area (Å²) < 4.78 is 15.8. The lowest BCUT2D eigenvalue weighted by Gasteiger charge is -2.12. The van der Waals surface area contributed by atoms with Crippen LogP contribution in [0.1, 0.15) is 0 Å². The summed E-state index contributed by atoms with van der Waals surface area (Å²) in [7, 11) is 1.62. The Morgan fingerprint density at radius 2 is 2.20 bits per heavy atom. The highest BCUT2D eigenvalue weighted by molar-refractivity contribution is 5.32. The molecular formula is C15H23NO4. The van der Waals surface area contributed by atoms with Gasteiger partial charge in [-0.15, -0.1) is 6.58 Å². The molecule has 5 nitrogen and oxygen atoms in total. The summed E-state index contributed by atoms with van der Waals surface area (Å²) in [6, 6.07) is 7.45. The zero-order valence-electron chi connectivity index (χ0n) is 11.9. The first kappa shape index (κ1) is 16.5. The van der Waals surface area contributed by atoms with Crippen molar-refractivity contribution in [1.82, 2.24) is 5.32 Å². The molecule has 1 atom stereocenters. The minimum absolute atomic E-state index is 0.301. The fourth-order valence-corrected chi connectivity index (χ4v) is 1.55. The van der Waals surface area contributed by atoms with E-state index in [4.69, 9.17) is 14.2 Å². The van der Waals surface area contributed by atoms with Gasteiger partial charge in [0.2, 0.25) is 0 Å². The van der Waals surface area contributed by atoms with Gasteiger partial charge in [-0.1, -0.05) is 12.1 Å². The van der Waals surface area contributed by atoms with Crippen LogP contribution in [-0.4, -0.2) is 51.2 Å². The maximum atomic E-state index is 9.58. The molecule has 0 aliphatic carbocycles. The normalized spacial score (nSPS) is 11.9. The van der Waals surface area contributed by atoms with Crippen LogP contribution in [0.3, 0.4) is 0 Å². The van der Waals surface area contributed by atoms with Gasteiger partial charge in [0.25, 0.3) is 0 Å². The van der Waals surface area contributed by atoms with Crippen LogP contribution in [0.25, 0.3) is 0 Å². The van der Waals surface area contributed by atoms with E-state index in [-0.39, 0.29) is 0 Å². The average Bonchev–Trinajstić information content (AvgIpc) is 2.47. The molecule has 2 N–H and O–H groups in total. The fourth-order valence-electron chi connectivity index (χ4n) is 1.55. The van der Waals surface area contributed by atoms with Crippen LogP contribution in [0.2, 0.25) is 0 Å². The molecule has 0 saturated carbocycles. The summed E-state index contributed by atoms with van der Waals surface area (Å²) in [6.07, 6.45) is 1.13. The highest BCUT2D eigenvalue weighted by Gasteiger charge is 2.03. The van der Waals surface area contributed by atoms with Crippen molar-refractivity contribution in [3.8, 4) is 11.5 Å². The maximum absolute atomic E-state index is 9.58. The standard InChI is InChI=1S/C15H23NO4/c1-3-8-19-12-13(17)11-16-7-9-20-15-6-4-5-14(10-15)18-2/h3-6,10,13,16-17H,1,7-9,11-12H2,2H3/t13-/m0/s1. The van der Waals surface area contributed by atoms with E-state index in [0.29, 0.717) is 32.9 Å². The minimum atomic E-state index is -0.522. The van der Waals surface area contributed by atoms with Crippen LogP contribution in [0.15, 0.2) is 36.9 Å². The van der Waals surface area contributed by atoms with Crippen molar-refractivity contribution in [3.63, 3.8) is 0 Å². The molecule has 0 aromatic heterocycles. The lowest BCUT2D eigenvalue weighted by Crippen LogP contribution is -2.32. The zero-order valence-corrected chi connectivity index (χ0v) is 11.9. The molecule has 0 aliphatic rings. The van der Waals surface area contributed by atoms with Gasteiger partial charge < -0.3 is 24.6 Å². The van der Waals surface area contributed by atoms with E-state index >= 15 is 0 Å². The number of benzene rings is 1. The largest absolute Gasteiger partial charge is 0.497 e. The van der Waals surface area contributed by atoms with Gasteiger partial charge in [-0.3, -0.25) is 0 Å². The first-order chi connectivity index (χ1) is 9.76. The molecule has 0 unspecified atom stereocenters. The summed E-state index contributed by atoms with van der Waals surface area (Å²) in [5.74, 6) is 1.53. The Kier molecular flexibility index (Phi) is 8.46. The van der Waals surface area contributed by atoms with Crippen LogP contribution >= 0.6 is 0 Å². The Hall–Kier alpha value is -1.56. The summed E-state index contributed by atoms with van der Waals surface area (Å²) in [5.41, 5.74) is 0. The highest BCUT2D eigenvalue weighted by Crippen LogP contribution is 2.18. The van der Waals surface area contributed by atoms with Gasteiger partial charge in [0.1, 0.15) is 18.1 Å². The van der Waals surface area contributed by atoms with Crippen molar-refractivity contribution in [2.24, 2.45) is 0 Å². The van der Waals surface area contributed by atoms with Gasteiger partial charge in [-0.05, 0) is 12.1 Å². The second-order valence-corrected chi connectivity index (χ2v) is 4.21. The van der Waals surface area contributed by atoms with E-state index in [9.17, 15) is 5.11 Å². The molecular weight excluding hydrogens is 258 g/mol. The molecule has 0 radical (unpaired) electrons. The van der Waals surface area contributed by atoms with E-state index in [0.717, 1.165) is 11.5 Å². The predicted molar refractivity (Wildman–Crippen MR) is 78.4 cm³/mol. The fraction of sp³-hybridized carbons (Fsp3) is 0.467. The van der Waals surface area contributed by atoms with Gasteiger partial charge >= 0.3 is 0 Å². The topological polar surface area (TPSA) is 60.0 Å². The molecule has 1 rings (SSSR count). The molecule has 1 aromatic carbocycles. The number of hydrogen-bond acceptors (Lipinski definition) is 5. The Morgan fingerprint density at radius 1 is 1.40 bits per heavy atom. The number of hydrogen-bond donors (Lipinski definition) is 2. The number of ether oxygens (including phenoxy) is 3. The van der Waals surface area contributed by atoms with Crippen LogP contribution in [0, 0.1) is 0 Å². The Balaban J connectivity index is 2.07. The lowest BCUT2D eigenvalue weighted by atomic mass is 10.3. The molecule has 0 aliphatic heterocycles. The van der Waals surface area contributed by atoms with E-state index in [1.54, 1.807) is 13.2 Å². The predicted octanol–water partition coefficient (Wildman–Crippen LogP) is 1.23. The average molecular weight is 281 g/mol. The number of nitrogens with one attached hydrogen (secondary N) is 1. The van der Waals surface area contributed by atoms with E-state index in [1.807, 2.05) is 24.3 Å². The van der Waals surface area contributed by atoms with Crippen molar-refractivity contribution in [1.29, 1.82) is 0 Å². The smallest absolute Gasteiger partial charge is 0.123 e. The van der Waals surface area contributed by atoms with E-state index in [2.05, 4.69) is 11.9 Å². The molecule has 5 heteroatoms. The third-order valence-corrected chi connectivity index (χ3v) is 2.51. The van der Waals surface area contributed by atoms with E-state index in [1.165, 1.54) is 0 Å². The van der Waals surface area contributed by atoms with Crippen molar-refractivity contribution in [2.75, 3.05) is 40.0 Å². The lowest BCUT2D eigenvalue weighted by molar-refractivity contribution is 0.0491. The molecule has 112 valence electrons. The SMILES string of the molecule is C=CCOC[C@@H](O)CNCCOc1cccc(OC)c1. The molecule has 0 amide bonds. The summed E-state index contributed by atoms with van der Waals surface area (Å²) in [5, 5.41) is 12.7. The number of aliphatic hydroxyl groups excluding tert-OH is 1. The molecule has 0 heterocycles. The van der Waals surface area contributed by atoms with Gasteiger partial charge in [0, 0.05) is 19.2 Å². The van der Waals surface area contributed by atoms with Gasteiger partial charge in [-0.25, -0.2) is 0 Å². The summed E-state index contributed by atoms with van der Waals surface area (Å²) in [6.45, 7) is 5.93. The van der Waals surface area contributed by atoms with Gasteiger partial charge in [-0.2, -0.15) is 0 Å². The van der Waals surface area contributed by atoms with E-state index < -0.39 is 6.10 Å². The van der Waals surface area contributed by atoms with Crippen LogP contribution < -0.4 is 14.8 Å². The second-order valence-electron chi connectivity index (χ2n) is 4.21. The van der Waals surface area contributed by atoms with Crippen LogP contribution in [-0.2, 0) is 4.74 Å². The first-order valence-corrected chi connectivity index (χ1v) is 6.60. The monoisotopic (exact) mass is 281 g/mol. The molecule has 0 fully saturated rings. The Labute approximate surface area is 120 Å². The second kappa shape index (κ2) is 10.3. The van der Waals surface area contributed by atoms with Gasteiger partial charge in [0.05, 0.1) is 26.4 Å². The quantitative estimate of drug-likeness (QED) is 0.472. The number of methoxy groups -OCH3 is 1. The van der Waals surface area contributed by atoms with Gasteiger partial charge in [0.15, 0.2) is 0 Å². The minimum Gasteiger partial charge on any atom is -0.497 e. The summed E-state index contributed by atoms with van der Waals surface area (Å²) in [4.78, 5) is 0.